The third kappa shape index (κ3) is 3.77. The highest BCUT2D eigenvalue weighted by Gasteiger charge is 2.26. The fourth-order valence-electron chi connectivity index (χ4n) is 1.84. The SMILES string of the molecule is CC1CCCC1NC(=O)C(=O)NCC(N)=S. The van der Waals surface area contributed by atoms with Gasteiger partial charge < -0.3 is 16.4 Å². The van der Waals surface area contributed by atoms with Gasteiger partial charge in [-0.2, -0.15) is 0 Å². The second kappa shape index (κ2) is 5.79. The number of carbonyl (C=O) groups is 2. The number of carbonyl (C=O) groups excluding carboxylic acids is 2. The molecule has 2 unspecified atom stereocenters. The van der Waals surface area contributed by atoms with Crippen molar-refractivity contribution in [1.82, 2.24) is 10.6 Å². The lowest BCUT2D eigenvalue weighted by Crippen LogP contribution is -2.47. The fourth-order valence-corrected chi connectivity index (χ4v) is 1.91. The monoisotopic (exact) mass is 243 g/mol. The van der Waals surface area contributed by atoms with E-state index in [9.17, 15) is 9.59 Å². The highest BCUT2D eigenvalue weighted by Crippen LogP contribution is 2.24. The first-order valence-electron chi connectivity index (χ1n) is 5.37. The molecule has 1 aliphatic carbocycles. The molecule has 0 bridgehead atoms. The molecule has 0 aromatic heterocycles. The summed E-state index contributed by atoms with van der Waals surface area (Å²) in [4.78, 5) is 22.9. The van der Waals surface area contributed by atoms with E-state index < -0.39 is 11.8 Å². The highest BCUT2D eigenvalue weighted by atomic mass is 32.1. The van der Waals surface area contributed by atoms with E-state index in [1.54, 1.807) is 0 Å². The van der Waals surface area contributed by atoms with E-state index in [2.05, 4.69) is 29.8 Å². The minimum Gasteiger partial charge on any atom is -0.392 e. The van der Waals surface area contributed by atoms with Gasteiger partial charge in [-0.1, -0.05) is 25.6 Å². The molecule has 2 amide bonds. The summed E-state index contributed by atoms with van der Waals surface area (Å²) in [5.74, 6) is -0.839. The Morgan fingerprint density at radius 3 is 2.56 bits per heavy atom. The lowest BCUT2D eigenvalue weighted by molar-refractivity contribution is -0.139. The van der Waals surface area contributed by atoms with Crippen LogP contribution in [0.5, 0.6) is 0 Å². The zero-order chi connectivity index (χ0) is 12.1. The maximum Gasteiger partial charge on any atom is 0.309 e. The molecule has 0 saturated heterocycles. The van der Waals surface area contributed by atoms with Crippen LogP contribution in [0.4, 0.5) is 0 Å². The van der Waals surface area contributed by atoms with Crippen LogP contribution in [0.1, 0.15) is 26.2 Å². The predicted molar refractivity (Wildman–Crippen MR) is 64.7 cm³/mol. The number of amides is 2. The lowest BCUT2D eigenvalue weighted by atomic mass is 10.1. The summed E-state index contributed by atoms with van der Waals surface area (Å²) >= 11 is 4.59. The van der Waals surface area contributed by atoms with Crippen molar-refractivity contribution in [2.45, 2.75) is 32.2 Å². The summed E-state index contributed by atoms with van der Waals surface area (Å²) in [5.41, 5.74) is 5.21. The number of hydrogen-bond acceptors (Lipinski definition) is 3. The van der Waals surface area contributed by atoms with Crippen LogP contribution in [-0.4, -0.2) is 29.4 Å². The van der Waals surface area contributed by atoms with Crippen molar-refractivity contribution in [3.05, 3.63) is 0 Å². The van der Waals surface area contributed by atoms with Crippen molar-refractivity contribution >= 4 is 29.0 Å². The van der Waals surface area contributed by atoms with Crippen LogP contribution >= 0.6 is 12.2 Å². The molecule has 0 spiro atoms. The van der Waals surface area contributed by atoms with Crippen molar-refractivity contribution in [3.63, 3.8) is 0 Å². The van der Waals surface area contributed by atoms with Gasteiger partial charge >= 0.3 is 11.8 Å². The van der Waals surface area contributed by atoms with Gasteiger partial charge in [0.05, 0.1) is 11.5 Å². The zero-order valence-electron chi connectivity index (χ0n) is 9.29. The van der Waals surface area contributed by atoms with E-state index >= 15 is 0 Å². The first kappa shape index (κ1) is 12.9. The molecule has 0 aromatic carbocycles. The molecule has 16 heavy (non-hydrogen) atoms. The molecule has 2 atom stereocenters. The second-order valence-corrected chi connectivity index (χ2v) is 4.66. The molecular formula is C10H17N3O2S. The van der Waals surface area contributed by atoms with E-state index in [0.717, 1.165) is 19.3 Å². The Balaban J connectivity index is 2.33. The van der Waals surface area contributed by atoms with Gasteiger partial charge in [0.15, 0.2) is 0 Å². The zero-order valence-corrected chi connectivity index (χ0v) is 10.1. The van der Waals surface area contributed by atoms with Crippen molar-refractivity contribution < 1.29 is 9.59 Å². The molecule has 1 saturated carbocycles. The fraction of sp³-hybridized carbons (Fsp3) is 0.700. The number of hydrogen-bond donors (Lipinski definition) is 3. The number of rotatable bonds is 3. The van der Waals surface area contributed by atoms with Gasteiger partial charge in [-0.25, -0.2) is 0 Å². The van der Waals surface area contributed by atoms with Gasteiger partial charge in [0.1, 0.15) is 0 Å². The second-order valence-electron chi connectivity index (χ2n) is 4.14. The molecule has 0 heterocycles. The van der Waals surface area contributed by atoms with Crippen molar-refractivity contribution in [3.8, 4) is 0 Å². The molecule has 0 radical (unpaired) electrons. The standard InChI is InChI=1S/C10H17N3O2S/c1-6-3-2-4-7(6)13-10(15)9(14)12-5-8(11)16/h6-7H,2-5H2,1H3,(H2,11,16)(H,12,14)(H,13,15). The Labute approximate surface area is 100 Å². The van der Waals surface area contributed by atoms with Gasteiger partial charge in [-0.3, -0.25) is 9.59 Å². The number of thiocarbonyl (C=S) groups is 1. The third-order valence-corrected chi connectivity index (χ3v) is 2.95. The number of nitrogens with two attached hydrogens (primary N) is 1. The van der Waals surface area contributed by atoms with Crippen LogP contribution in [0.25, 0.3) is 0 Å². The maximum atomic E-state index is 11.4. The van der Waals surface area contributed by atoms with Crippen LogP contribution in [0.15, 0.2) is 0 Å². The minimum absolute atomic E-state index is 0.0573. The van der Waals surface area contributed by atoms with E-state index in [1.165, 1.54) is 0 Å². The molecule has 0 aliphatic heterocycles. The van der Waals surface area contributed by atoms with Crippen LogP contribution in [0.3, 0.4) is 0 Å². The van der Waals surface area contributed by atoms with Gasteiger partial charge in [-0.05, 0) is 18.8 Å². The van der Waals surface area contributed by atoms with Gasteiger partial charge in [0.25, 0.3) is 0 Å². The average molecular weight is 243 g/mol. The average Bonchev–Trinajstić information content (AvgIpc) is 2.60. The molecule has 0 aromatic rings. The van der Waals surface area contributed by atoms with Crippen LogP contribution in [-0.2, 0) is 9.59 Å². The quantitative estimate of drug-likeness (QED) is 0.469. The Bertz CT molecular complexity index is 306. The molecule has 6 heteroatoms. The van der Waals surface area contributed by atoms with Crippen molar-refractivity contribution in [1.29, 1.82) is 0 Å². The summed E-state index contributed by atoms with van der Waals surface area (Å²) in [6, 6.07) is 0.114. The molecule has 1 fully saturated rings. The van der Waals surface area contributed by atoms with Crippen LogP contribution < -0.4 is 16.4 Å². The van der Waals surface area contributed by atoms with E-state index in [1.807, 2.05) is 0 Å². The van der Waals surface area contributed by atoms with Crippen molar-refractivity contribution in [2.24, 2.45) is 11.7 Å². The van der Waals surface area contributed by atoms with Gasteiger partial charge in [0.2, 0.25) is 0 Å². The summed E-state index contributed by atoms with van der Waals surface area (Å²) in [6.07, 6.45) is 3.13. The smallest absolute Gasteiger partial charge is 0.309 e. The molecule has 4 N–H and O–H groups in total. The summed E-state index contributed by atoms with van der Waals surface area (Å²) in [6.45, 7) is 2.13. The maximum absolute atomic E-state index is 11.4. The largest absolute Gasteiger partial charge is 0.392 e. The Morgan fingerprint density at radius 1 is 1.38 bits per heavy atom. The van der Waals surface area contributed by atoms with Gasteiger partial charge in [-0.15, -0.1) is 0 Å². The summed E-state index contributed by atoms with van der Waals surface area (Å²) < 4.78 is 0. The van der Waals surface area contributed by atoms with E-state index in [-0.39, 0.29) is 17.6 Å². The summed E-state index contributed by atoms with van der Waals surface area (Å²) in [7, 11) is 0. The highest BCUT2D eigenvalue weighted by molar-refractivity contribution is 7.80. The lowest BCUT2D eigenvalue weighted by Gasteiger charge is -2.16. The van der Waals surface area contributed by atoms with Crippen molar-refractivity contribution in [2.75, 3.05) is 6.54 Å². The summed E-state index contributed by atoms with van der Waals surface area (Å²) in [5, 5.41) is 5.07. The minimum atomic E-state index is -0.674. The molecule has 5 nitrogen and oxygen atoms in total. The Morgan fingerprint density at radius 2 is 2.06 bits per heavy atom. The van der Waals surface area contributed by atoms with Gasteiger partial charge in [0, 0.05) is 6.04 Å². The van der Waals surface area contributed by atoms with E-state index in [0.29, 0.717) is 5.92 Å². The molecule has 1 rings (SSSR count). The van der Waals surface area contributed by atoms with Crippen LogP contribution in [0.2, 0.25) is 0 Å². The normalized spacial score (nSPS) is 23.8. The topological polar surface area (TPSA) is 84.2 Å². The Kier molecular flexibility index (Phi) is 4.67. The molecule has 1 aliphatic rings. The molecular weight excluding hydrogens is 226 g/mol. The first-order chi connectivity index (χ1) is 7.50. The predicted octanol–water partition coefficient (Wildman–Crippen LogP) is -0.306. The first-order valence-corrected chi connectivity index (χ1v) is 5.78. The third-order valence-electron chi connectivity index (χ3n) is 2.81. The number of nitrogens with one attached hydrogen (secondary N) is 2. The van der Waals surface area contributed by atoms with Crippen LogP contribution in [0, 0.1) is 5.92 Å². The molecule has 90 valence electrons. The van der Waals surface area contributed by atoms with E-state index in [4.69, 9.17) is 5.73 Å². The Hall–Kier alpha value is -1.17.